The smallest absolute Gasteiger partial charge is 0.396 e. The van der Waals surface area contributed by atoms with Gasteiger partial charge in [0.05, 0.1) is 13.7 Å². The standard InChI is InChI=1S/C6H12O4P/c1-10-11(9)3-2-6(4-7)5-8/h4,6,8H,2-3,5H2,1H3/q+1. The molecule has 0 spiro atoms. The summed E-state index contributed by atoms with van der Waals surface area (Å²) in [5, 5.41) is 8.54. The topological polar surface area (TPSA) is 63.6 Å². The second-order valence-corrected chi connectivity index (χ2v) is 3.58. The summed E-state index contributed by atoms with van der Waals surface area (Å²) >= 11 is 0. The SMILES string of the molecule is CO[P+](=O)CCC(C=O)CO. The molecule has 2 unspecified atom stereocenters. The van der Waals surface area contributed by atoms with Crippen LogP contribution in [-0.2, 0) is 13.9 Å². The van der Waals surface area contributed by atoms with Crippen LogP contribution in [0.25, 0.3) is 0 Å². The van der Waals surface area contributed by atoms with Crippen molar-refractivity contribution < 1.29 is 19.0 Å². The van der Waals surface area contributed by atoms with Gasteiger partial charge in [-0.25, -0.2) is 0 Å². The first-order valence-corrected chi connectivity index (χ1v) is 4.65. The van der Waals surface area contributed by atoms with Gasteiger partial charge in [0.15, 0.2) is 6.16 Å². The van der Waals surface area contributed by atoms with Crippen molar-refractivity contribution in [3.63, 3.8) is 0 Å². The molecule has 1 N–H and O–H groups in total. The van der Waals surface area contributed by atoms with Crippen LogP contribution in [-0.4, -0.2) is 31.3 Å². The van der Waals surface area contributed by atoms with Crippen molar-refractivity contribution in [1.29, 1.82) is 0 Å². The lowest BCUT2D eigenvalue weighted by molar-refractivity contribution is -0.112. The van der Waals surface area contributed by atoms with Crippen molar-refractivity contribution in [3.8, 4) is 0 Å². The summed E-state index contributed by atoms with van der Waals surface area (Å²) in [6, 6.07) is 0. The molecule has 5 heteroatoms. The Kier molecular flexibility index (Phi) is 6.22. The van der Waals surface area contributed by atoms with Crippen molar-refractivity contribution in [2.75, 3.05) is 19.9 Å². The van der Waals surface area contributed by atoms with Gasteiger partial charge in [0.2, 0.25) is 0 Å². The van der Waals surface area contributed by atoms with Crippen LogP contribution in [0.15, 0.2) is 0 Å². The second-order valence-electron chi connectivity index (χ2n) is 2.11. The van der Waals surface area contributed by atoms with Gasteiger partial charge in [0.1, 0.15) is 6.29 Å². The third-order valence-corrected chi connectivity index (χ3v) is 2.34. The normalized spacial score (nSPS) is 14.2. The van der Waals surface area contributed by atoms with Gasteiger partial charge in [-0.3, -0.25) is 0 Å². The van der Waals surface area contributed by atoms with E-state index in [4.69, 9.17) is 5.11 Å². The van der Waals surface area contributed by atoms with Crippen LogP contribution in [0.2, 0.25) is 0 Å². The molecule has 0 aromatic heterocycles. The van der Waals surface area contributed by atoms with E-state index in [0.29, 0.717) is 18.9 Å². The molecule has 64 valence electrons. The second kappa shape index (κ2) is 6.40. The predicted molar refractivity (Wildman–Crippen MR) is 40.7 cm³/mol. The van der Waals surface area contributed by atoms with Crippen molar-refractivity contribution in [2.45, 2.75) is 6.42 Å². The first-order valence-electron chi connectivity index (χ1n) is 3.29. The van der Waals surface area contributed by atoms with Crippen molar-refractivity contribution >= 4 is 14.3 Å². The maximum atomic E-state index is 10.7. The van der Waals surface area contributed by atoms with Crippen LogP contribution in [0, 0.1) is 5.92 Å². The van der Waals surface area contributed by atoms with Gasteiger partial charge in [-0.05, 0) is 4.57 Å². The third-order valence-electron chi connectivity index (χ3n) is 1.31. The van der Waals surface area contributed by atoms with Crippen molar-refractivity contribution in [1.82, 2.24) is 0 Å². The molecule has 0 heterocycles. The Hall–Kier alpha value is -0.310. The molecule has 0 rings (SSSR count). The average molecular weight is 179 g/mol. The molecule has 4 nitrogen and oxygen atoms in total. The highest BCUT2D eigenvalue weighted by atomic mass is 31.1. The fraction of sp³-hybridized carbons (Fsp3) is 0.833. The van der Waals surface area contributed by atoms with E-state index in [0.717, 1.165) is 0 Å². The van der Waals surface area contributed by atoms with E-state index in [1.54, 1.807) is 0 Å². The number of carbonyl (C=O) groups is 1. The Morgan fingerprint density at radius 2 is 2.36 bits per heavy atom. The summed E-state index contributed by atoms with van der Waals surface area (Å²) in [6.45, 7) is -0.184. The molecule has 0 aromatic rings. The molecule has 2 atom stereocenters. The van der Waals surface area contributed by atoms with Crippen LogP contribution in [0.4, 0.5) is 0 Å². The average Bonchev–Trinajstić information content (AvgIpc) is 2.06. The summed E-state index contributed by atoms with van der Waals surface area (Å²) in [6.07, 6.45) is 1.41. The highest BCUT2D eigenvalue weighted by Gasteiger charge is 2.17. The molecule has 0 aliphatic carbocycles. The van der Waals surface area contributed by atoms with Gasteiger partial charge >= 0.3 is 8.03 Å². The molecule has 0 saturated carbocycles. The maximum absolute atomic E-state index is 10.7. The Bertz CT molecular complexity index is 137. The summed E-state index contributed by atoms with van der Waals surface area (Å²) in [7, 11) is -0.288. The fourth-order valence-electron chi connectivity index (χ4n) is 0.565. The quantitative estimate of drug-likeness (QED) is 0.478. The number of aliphatic hydroxyl groups excluding tert-OH is 1. The number of carbonyl (C=O) groups excluding carboxylic acids is 1. The monoisotopic (exact) mass is 179 g/mol. The molecule has 0 aliphatic rings. The first-order chi connectivity index (χ1) is 5.24. The maximum Gasteiger partial charge on any atom is 0.507 e. The molecule has 0 radical (unpaired) electrons. The summed E-state index contributed by atoms with van der Waals surface area (Å²) in [5.41, 5.74) is 0. The molecular formula is C6H12O4P+. The molecular weight excluding hydrogens is 167 g/mol. The third kappa shape index (κ3) is 5.01. The molecule has 0 fully saturated rings. The zero-order chi connectivity index (χ0) is 8.69. The van der Waals surface area contributed by atoms with Crippen LogP contribution in [0.5, 0.6) is 0 Å². The van der Waals surface area contributed by atoms with E-state index in [1.165, 1.54) is 7.11 Å². The van der Waals surface area contributed by atoms with Gasteiger partial charge in [-0.2, -0.15) is 0 Å². The fourth-order valence-corrected chi connectivity index (χ4v) is 1.29. The van der Waals surface area contributed by atoms with Crippen LogP contribution in [0.1, 0.15) is 6.42 Å². The Morgan fingerprint density at radius 1 is 1.73 bits per heavy atom. The zero-order valence-corrected chi connectivity index (χ0v) is 7.29. The highest BCUT2D eigenvalue weighted by molar-refractivity contribution is 7.39. The van der Waals surface area contributed by atoms with Gasteiger partial charge in [-0.1, -0.05) is 0 Å². The molecule has 11 heavy (non-hydrogen) atoms. The predicted octanol–water partition coefficient (Wildman–Crippen LogP) is 0.573. The van der Waals surface area contributed by atoms with Gasteiger partial charge in [0, 0.05) is 12.3 Å². The molecule has 0 aromatic carbocycles. The van der Waals surface area contributed by atoms with E-state index >= 15 is 0 Å². The first kappa shape index (κ1) is 10.7. The number of rotatable bonds is 6. The minimum absolute atomic E-state index is 0.184. The zero-order valence-electron chi connectivity index (χ0n) is 6.40. The molecule has 0 aliphatic heterocycles. The Morgan fingerprint density at radius 3 is 2.73 bits per heavy atom. The molecule has 0 saturated heterocycles. The lowest BCUT2D eigenvalue weighted by Gasteiger charge is -1.98. The lowest BCUT2D eigenvalue weighted by atomic mass is 10.1. The Labute approximate surface area is 66.4 Å². The molecule has 0 bridgehead atoms. The van der Waals surface area contributed by atoms with Crippen molar-refractivity contribution in [3.05, 3.63) is 0 Å². The van der Waals surface area contributed by atoms with Crippen LogP contribution >= 0.6 is 8.03 Å². The van der Waals surface area contributed by atoms with E-state index in [9.17, 15) is 9.36 Å². The number of aliphatic hydroxyl groups is 1. The van der Waals surface area contributed by atoms with Gasteiger partial charge < -0.3 is 9.90 Å². The van der Waals surface area contributed by atoms with Crippen molar-refractivity contribution in [2.24, 2.45) is 5.92 Å². The summed E-state index contributed by atoms with van der Waals surface area (Å²) < 4.78 is 15.2. The lowest BCUT2D eigenvalue weighted by Crippen LogP contribution is -2.08. The summed E-state index contributed by atoms with van der Waals surface area (Å²) in [4.78, 5) is 10.1. The number of hydrogen-bond acceptors (Lipinski definition) is 4. The van der Waals surface area contributed by atoms with E-state index < -0.39 is 13.9 Å². The minimum Gasteiger partial charge on any atom is -0.396 e. The van der Waals surface area contributed by atoms with E-state index in [1.807, 2.05) is 0 Å². The van der Waals surface area contributed by atoms with E-state index in [2.05, 4.69) is 4.52 Å². The largest absolute Gasteiger partial charge is 0.507 e. The van der Waals surface area contributed by atoms with Crippen LogP contribution in [0.3, 0.4) is 0 Å². The van der Waals surface area contributed by atoms with Crippen LogP contribution < -0.4 is 0 Å². The highest BCUT2D eigenvalue weighted by Crippen LogP contribution is 2.22. The van der Waals surface area contributed by atoms with Gasteiger partial charge in [-0.15, -0.1) is 4.52 Å². The number of hydrogen-bond donors (Lipinski definition) is 1. The minimum atomic E-state index is -1.64. The summed E-state index contributed by atoms with van der Waals surface area (Å²) in [5.74, 6) is -0.399. The van der Waals surface area contributed by atoms with E-state index in [-0.39, 0.29) is 6.61 Å². The number of aldehydes is 1. The van der Waals surface area contributed by atoms with Gasteiger partial charge in [0.25, 0.3) is 0 Å². The molecule has 0 amide bonds. The Balaban J connectivity index is 3.50.